The van der Waals surface area contributed by atoms with Gasteiger partial charge in [0, 0.05) is 10.9 Å². The fraction of sp³-hybridized carbons (Fsp3) is 0.211. The second kappa shape index (κ2) is 8.42. The van der Waals surface area contributed by atoms with Crippen LogP contribution in [-0.2, 0) is 10.0 Å². The van der Waals surface area contributed by atoms with Gasteiger partial charge < -0.3 is 10.2 Å². The molecular weight excluding hydrogens is 432 g/mol. The molecule has 0 fully saturated rings. The van der Waals surface area contributed by atoms with Crippen molar-refractivity contribution in [2.24, 2.45) is 5.73 Å². The first kappa shape index (κ1) is 21.8. The number of primary amides is 1. The van der Waals surface area contributed by atoms with Gasteiger partial charge in [0.05, 0.1) is 10.5 Å². The summed E-state index contributed by atoms with van der Waals surface area (Å²) in [6, 6.07) is 10.0. The van der Waals surface area contributed by atoms with E-state index in [1.165, 1.54) is 18.2 Å². The summed E-state index contributed by atoms with van der Waals surface area (Å²) in [5.74, 6) is -2.39. The van der Waals surface area contributed by atoms with E-state index in [9.17, 15) is 18.0 Å². The van der Waals surface area contributed by atoms with Crippen LogP contribution >= 0.6 is 11.6 Å². The summed E-state index contributed by atoms with van der Waals surface area (Å²) in [6.07, 6.45) is 0. The first-order chi connectivity index (χ1) is 14.1. The van der Waals surface area contributed by atoms with Gasteiger partial charge in [0.25, 0.3) is 0 Å². The van der Waals surface area contributed by atoms with Crippen LogP contribution < -0.4 is 16.2 Å². The molecule has 0 saturated heterocycles. The number of aryl methyl sites for hydroxylation is 1. The zero-order valence-electron chi connectivity index (χ0n) is 16.0. The molecule has 2 aromatic carbocycles. The van der Waals surface area contributed by atoms with E-state index in [0.29, 0.717) is 0 Å². The molecule has 0 bridgehead atoms. The van der Waals surface area contributed by atoms with Crippen molar-refractivity contribution in [2.75, 3.05) is 0 Å². The SMILES string of the molecule is Cc1ccccc1C(C)C(NS(=O)(=O)c1ccc(Cl)cc1C(N)=O)c1n[nH]c(=O)o1. The molecule has 3 aromatic rings. The molecule has 1 aromatic heterocycles. The van der Waals surface area contributed by atoms with Gasteiger partial charge in [0.1, 0.15) is 6.04 Å². The summed E-state index contributed by atoms with van der Waals surface area (Å²) in [5.41, 5.74) is 6.80. The molecule has 3 rings (SSSR count). The number of hydrogen-bond donors (Lipinski definition) is 3. The summed E-state index contributed by atoms with van der Waals surface area (Å²) in [4.78, 5) is 22.9. The van der Waals surface area contributed by atoms with Gasteiger partial charge in [0.15, 0.2) is 0 Å². The Hall–Kier alpha value is -2.95. The van der Waals surface area contributed by atoms with Crippen LogP contribution in [0.5, 0.6) is 0 Å². The topological polar surface area (TPSA) is 148 Å². The molecule has 158 valence electrons. The lowest BCUT2D eigenvalue weighted by Gasteiger charge is -2.24. The highest BCUT2D eigenvalue weighted by molar-refractivity contribution is 7.89. The van der Waals surface area contributed by atoms with Crippen molar-refractivity contribution >= 4 is 27.5 Å². The maximum atomic E-state index is 13.2. The van der Waals surface area contributed by atoms with Crippen LogP contribution in [0.2, 0.25) is 5.02 Å². The van der Waals surface area contributed by atoms with Crippen molar-refractivity contribution in [1.29, 1.82) is 0 Å². The Morgan fingerprint density at radius 2 is 1.97 bits per heavy atom. The molecule has 9 nitrogen and oxygen atoms in total. The van der Waals surface area contributed by atoms with Crippen LogP contribution in [-0.4, -0.2) is 24.5 Å². The third-order valence-corrected chi connectivity index (χ3v) is 6.41. The van der Waals surface area contributed by atoms with Crippen molar-refractivity contribution in [3.05, 3.63) is 80.6 Å². The minimum absolute atomic E-state index is 0.145. The predicted octanol–water partition coefficient (Wildman–Crippen LogP) is 2.25. The number of nitrogens with one attached hydrogen (secondary N) is 2. The molecule has 4 N–H and O–H groups in total. The van der Waals surface area contributed by atoms with Crippen LogP contribution in [0, 0.1) is 6.92 Å². The second-order valence-electron chi connectivity index (χ2n) is 6.70. The quantitative estimate of drug-likeness (QED) is 0.502. The van der Waals surface area contributed by atoms with Gasteiger partial charge in [-0.05, 0) is 36.2 Å². The molecule has 0 saturated carbocycles. The number of benzene rings is 2. The van der Waals surface area contributed by atoms with E-state index >= 15 is 0 Å². The third-order valence-electron chi connectivity index (χ3n) is 4.68. The molecule has 30 heavy (non-hydrogen) atoms. The summed E-state index contributed by atoms with van der Waals surface area (Å²) < 4.78 is 33.9. The average Bonchev–Trinajstić information content (AvgIpc) is 3.12. The number of carbonyl (C=O) groups excluding carboxylic acids is 1. The lowest BCUT2D eigenvalue weighted by molar-refractivity contribution is 0.0997. The molecule has 0 aliphatic heterocycles. The Labute approximate surface area is 177 Å². The lowest BCUT2D eigenvalue weighted by Crippen LogP contribution is -2.33. The van der Waals surface area contributed by atoms with Gasteiger partial charge in [-0.3, -0.25) is 4.79 Å². The van der Waals surface area contributed by atoms with Crippen molar-refractivity contribution in [3.8, 4) is 0 Å². The number of carbonyl (C=O) groups is 1. The average molecular weight is 451 g/mol. The van der Waals surface area contributed by atoms with Crippen LogP contribution in [0.3, 0.4) is 0 Å². The fourth-order valence-corrected chi connectivity index (χ4v) is 4.81. The van der Waals surface area contributed by atoms with Crippen molar-refractivity contribution in [3.63, 3.8) is 0 Å². The van der Waals surface area contributed by atoms with Gasteiger partial charge in [-0.1, -0.05) is 42.8 Å². The van der Waals surface area contributed by atoms with Crippen molar-refractivity contribution < 1.29 is 17.6 Å². The molecule has 2 unspecified atom stereocenters. The van der Waals surface area contributed by atoms with Gasteiger partial charge in [0.2, 0.25) is 21.8 Å². The number of sulfonamides is 1. The minimum Gasteiger partial charge on any atom is -0.391 e. The number of aromatic amines is 1. The van der Waals surface area contributed by atoms with E-state index in [-0.39, 0.29) is 21.4 Å². The molecule has 0 aliphatic rings. The number of nitrogens with two attached hydrogens (primary N) is 1. The highest BCUT2D eigenvalue weighted by atomic mass is 35.5. The largest absolute Gasteiger partial charge is 0.434 e. The first-order valence-corrected chi connectivity index (χ1v) is 10.7. The maximum Gasteiger partial charge on any atom is 0.434 e. The van der Waals surface area contributed by atoms with Gasteiger partial charge in [-0.15, -0.1) is 5.10 Å². The highest BCUT2D eigenvalue weighted by Gasteiger charge is 2.33. The Morgan fingerprint density at radius 1 is 1.27 bits per heavy atom. The van der Waals surface area contributed by atoms with Crippen LogP contribution in [0.1, 0.15) is 46.3 Å². The molecule has 0 radical (unpaired) electrons. The van der Waals surface area contributed by atoms with E-state index in [1.807, 2.05) is 31.2 Å². The summed E-state index contributed by atoms with van der Waals surface area (Å²) in [7, 11) is -4.28. The van der Waals surface area contributed by atoms with Crippen LogP contribution in [0.25, 0.3) is 0 Å². The normalized spacial score (nSPS) is 13.7. The second-order valence-corrected chi connectivity index (χ2v) is 8.82. The van der Waals surface area contributed by atoms with E-state index < -0.39 is 33.6 Å². The zero-order chi connectivity index (χ0) is 22.1. The molecule has 0 aliphatic carbocycles. The third kappa shape index (κ3) is 4.45. The smallest absolute Gasteiger partial charge is 0.391 e. The molecular formula is C19H19ClN4O5S. The summed E-state index contributed by atoms with van der Waals surface area (Å²) in [6.45, 7) is 3.64. The molecule has 11 heteroatoms. The maximum absolute atomic E-state index is 13.2. The molecule has 0 spiro atoms. The number of rotatable bonds is 7. The van der Waals surface area contributed by atoms with E-state index in [4.69, 9.17) is 21.8 Å². The van der Waals surface area contributed by atoms with E-state index in [0.717, 1.165) is 11.1 Å². The van der Waals surface area contributed by atoms with Gasteiger partial charge in [-0.2, -0.15) is 4.72 Å². The van der Waals surface area contributed by atoms with Crippen molar-refractivity contribution in [2.45, 2.75) is 30.7 Å². The standard InChI is InChI=1S/C19H19ClN4O5S/c1-10-5-3-4-6-13(10)11(2)16(18-22-23-19(26)29-18)24-30(27,28)15-8-7-12(20)9-14(15)17(21)25/h3-9,11,16,24H,1-2H3,(H2,21,25)(H,23,26). The number of amides is 1. The summed E-state index contributed by atoms with van der Waals surface area (Å²) in [5, 5.41) is 6.09. The zero-order valence-corrected chi connectivity index (χ0v) is 17.6. The number of hydrogen-bond acceptors (Lipinski definition) is 6. The van der Waals surface area contributed by atoms with Crippen LogP contribution in [0.15, 0.2) is 56.6 Å². The Balaban J connectivity index is 2.09. The number of H-pyrrole nitrogens is 1. The first-order valence-electron chi connectivity index (χ1n) is 8.83. The fourth-order valence-electron chi connectivity index (χ4n) is 3.18. The number of aromatic nitrogens is 2. The Bertz CT molecular complexity index is 1250. The number of nitrogens with zero attached hydrogens (tertiary/aromatic N) is 1. The lowest BCUT2D eigenvalue weighted by atomic mass is 9.90. The van der Waals surface area contributed by atoms with Crippen molar-refractivity contribution in [1.82, 2.24) is 14.9 Å². The molecule has 1 heterocycles. The number of halogens is 1. The molecule has 1 amide bonds. The summed E-state index contributed by atoms with van der Waals surface area (Å²) >= 11 is 5.88. The monoisotopic (exact) mass is 450 g/mol. The molecule has 2 atom stereocenters. The van der Waals surface area contributed by atoms with E-state index in [1.54, 1.807) is 6.92 Å². The predicted molar refractivity (Wildman–Crippen MR) is 110 cm³/mol. The van der Waals surface area contributed by atoms with E-state index in [2.05, 4.69) is 14.9 Å². The van der Waals surface area contributed by atoms with Gasteiger partial charge >= 0.3 is 5.76 Å². The highest BCUT2D eigenvalue weighted by Crippen LogP contribution is 2.33. The van der Waals surface area contributed by atoms with Gasteiger partial charge in [-0.25, -0.2) is 18.3 Å². The van der Waals surface area contributed by atoms with Crippen LogP contribution in [0.4, 0.5) is 0 Å². The Kier molecular flexibility index (Phi) is 6.11. The Morgan fingerprint density at radius 3 is 2.57 bits per heavy atom. The minimum atomic E-state index is -4.28.